The van der Waals surface area contributed by atoms with Crippen LogP contribution in [0.25, 0.3) is 0 Å². The van der Waals surface area contributed by atoms with Crippen LogP contribution in [0.4, 0.5) is 0 Å². The third kappa shape index (κ3) is 15.7. The first-order valence-electron chi connectivity index (χ1n) is 3.00. The molecule has 0 unspecified atom stereocenters. The Hall–Kier alpha value is 0.258. The van der Waals surface area contributed by atoms with Crippen LogP contribution in [0.15, 0.2) is 17.3 Å². The number of halogens is 1. The topological polar surface area (TPSA) is 12.4 Å². The number of aliphatic imine (C=N–C) groups is 1. The SMILES string of the molecule is CC.C[C](=[W])/C=C\N=[C-]Cl. The second-order valence-electron chi connectivity index (χ2n) is 1.14. The van der Waals surface area contributed by atoms with Gasteiger partial charge in [0, 0.05) is 0 Å². The fourth-order valence-corrected chi connectivity index (χ4v) is 0.445. The average molecular weight is 328 g/mol. The van der Waals surface area contributed by atoms with Crippen molar-refractivity contribution >= 4 is 21.2 Å². The summed E-state index contributed by atoms with van der Waals surface area (Å²) in [4.78, 5) is 3.54. The maximum absolute atomic E-state index is 5.01. The third-order valence-electron chi connectivity index (χ3n) is 0.433. The molecule has 0 atom stereocenters. The van der Waals surface area contributed by atoms with Gasteiger partial charge in [0.05, 0.1) is 0 Å². The molecule has 0 saturated carbocycles. The van der Waals surface area contributed by atoms with Gasteiger partial charge in [0.1, 0.15) is 0 Å². The molecule has 1 nitrogen and oxygen atoms in total. The first-order chi connectivity index (χ1) is 4.77. The Morgan fingerprint density at radius 1 is 1.60 bits per heavy atom. The normalized spacial score (nSPS) is 9.60. The van der Waals surface area contributed by atoms with E-state index in [1.165, 1.54) is 23.3 Å². The van der Waals surface area contributed by atoms with Gasteiger partial charge >= 0.3 is 64.7 Å². The molecule has 0 fully saturated rings. The fourth-order valence-electron chi connectivity index (χ4n) is 0.170. The van der Waals surface area contributed by atoms with Crippen molar-refractivity contribution in [2.24, 2.45) is 4.99 Å². The van der Waals surface area contributed by atoms with Gasteiger partial charge < -0.3 is 0 Å². The van der Waals surface area contributed by atoms with Crippen LogP contribution in [-0.2, 0) is 19.4 Å². The molecule has 0 aliphatic heterocycles. The van der Waals surface area contributed by atoms with E-state index in [4.69, 9.17) is 11.6 Å². The molecule has 0 N–H and O–H groups in total. The quantitative estimate of drug-likeness (QED) is 0.545. The Kier molecular flexibility index (Phi) is 15.5. The first-order valence-corrected chi connectivity index (χ1v) is 4.84. The summed E-state index contributed by atoms with van der Waals surface area (Å²) >= 11 is 6.46. The molecule has 0 aromatic rings. The van der Waals surface area contributed by atoms with Crippen molar-refractivity contribution in [2.45, 2.75) is 20.8 Å². The third-order valence-corrected chi connectivity index (χ3v) is 1.02. The van der Waals surface area contributed by atoms with Crippen molar-refractivity contribution in [3.05, 3.63) is 12.3 Å². The summed E-state index contributed by atoms with van der Waals surface area (Å²) in [6.07, 6.45) is 3.51. The van der Waals surface area contributed by atoms with Crippen LogP contribution >= 0.6 is 11.6 Å². The van der Waals surface area contributed by atoms with Gasteiger partial charge in [0.15, 0.2) is 0 Å². The van der Waals surface area contributed by atoms with Crippen LogP contribution in [0.2, 0.25) is 0 Å². The van der Waals surface area contributed by atoms with E-state index in [0.717, 1.165) is 0 Å². The maximum atomic E-state index is 5.01. The summed E-state index contributed by atoms with van der Waals surface area (Å²) in [6.45, 7) is 6.02. The molecule has 0 bridgehead atoms. The van der Waals surface area contributed by atoms with E-state index < -0.39 is 0 Å². The second-order valence-corrected chi connectivity index (χ2v) is 3.62. The van der Waals surface area contributed by atoms with Gasteiger partial charge in [-0.3, -0.25) is 0 Å². The molecule has 0 aliphatic carbocycles. The molecule has 10 heavy (non-hydrogen) atoms. The van der Waals surface area contributed by atoms with Gasteiger partial charge in [-0.2, -0.15) is 0 Å². The number of rotatable bonds is 2. The molecule has 0 aromatic carbocycles. The van der Waals surface area contributed by atoms with E-state index in [-0.39, 0.29) is 0 Å². The van der Waals surface area contributed by atoms with Gasteiger partial charge in [0.2, 0.25) is 0 Å². The zero-order valence-electron chi connectivity index (χ0n) is 6.39. The van der Waals surface area contributed by atoms with Crippen molar-refractivity contribution in [3.8, 4) is 0 Å². The summed E-state index contributed by atoms with van der Waals surface area (Å²) < 4.78 is 1.28. The molecule has 0 rings (SSSR count). The molecule has 0 saturated heterocycles. The van der Waals surface area contributed by atoms with Crippen molar-refractivity contribution in [2.75, 3.05) is 0 Å². The minimum atomic E-state index is 1.28. The Labute approximate surface area is 78.6 Å². The van der Waals surface area contributed by atoms with Crippen molar-refractivity contribution in [3.63, 3.8) is 0 Å². The zero-order valence-corrected chi connectivity index (χ0v) is 10.1. The van der Waals surface area contributed by atoms with Crippen LogP contribution in [0.1, 0.15) is 20.8 Å². The Balaban J connectivity index is 0. The van der Waals surface area contributed by atoms with Crippen molar-refractivity contribution in [1.82, 2.24) is 0 Å². The van der Waals surface area contributed by atoms with Gasteiger partial charge in [0.25, 0.3) is 0 Å². The molecule has 58 valence electrons. The van der Waals surface area contributed by atoms with E-state index in [2.05, 4.69) is 10.7 Å². The number of hydrogen-bond acceptors (Lipinski definition) is 1. The summed E-state index contributed by atoms with van der Waals surface area (Å²) in [5.74, 6) is 0. The fraction of sp³-hybridized carbons (Fsp3) is 0.429. The zero-order chi connectivity index (χ0) is 8.41. The number of allylic oxidation sites excluding steroid dienone is 1. The predicted molar refractivity (Wildman–Crippen MR) is 44.5 cm³/mol. The van der Waals surface area contributed by atoms with Gasteiger partial charge in [-0.25, -0.2) is 0 Å². The molecule has 0 heterocycles. The van der Waals surface area contributed by atoms with Crippen LogP contribution in [0, 0.1) is 0 Å². The molecular weight excluding hydrogens is 317 g/mol. The predicted octanol–water partition coefficient (Wildman–Crippen LogP) is 2.41. The Morgan fingerprint density at radius 3 is 2.40 bits per heavy atom. The molecular formula is C7H11ClNW-. The van der Waals surface area contributed by atoms with Crippen LogP contribution in [0.5, 0.6) is 0 Å². The van der Waals surface area contributed by atoms with Gasteiger partial charge in [-0.05, 0) is 0 Å². The monoisotopic (exact) mass is 328 g/mol. The van der Waals surface area contributed by atoms with Gasteiger partial charge in [-0.1, -0.05) is 13.8 Å². The van der Waals surface area contributed by atoms with E-state index in [9.17, 15) is 0 Å². The molecule has 0 aliphatic rings. The first kappa shape index (κ1) is 12.9. The number of hydrogen-bond donors (Lipinski definition) is 0. The van der Waals surface area contributed by atoms with E-state index in [1.54, 1.807) is 6.20 Å². The summed E-state index contributed by atoms with van der Waals surface area (Å²) in [7, 11) is 0. The average Bonchev–Trinajstić information content (AvgIpc) is 1.92. The van der Waals surface area contributed by atoms with Gasteiger partial charge in [-0.15, -0.1) is 0 Å². The summed E-state index contributed by atoms with van der Waals surface area (Å²) in [5.41, 5.74) is 2.13. The second kappa shape index (κ2) is 12.0. The molecule has 0 radical (unpaired) electrons. The summed E-state index contributed by atoms with van der Waals surface area (Å²) in [5, 5.41) is 0. The summed E-state index contributed by atoms with van der Waals surface area (Å²) in [6, 6.07) is 0. The molecule has 0 aromatic heterocycles. The standard InChI is InChI=1S/C5H5ClN.C2H6.W/c1-2-3-4-7-5-6;1-2;/h3-4H,1H3;1-2H3;/q-1;;/b4-3-;;. The van der Waals surface area contributed by atoms with Crippen molar-refractivity contribution in [1.29, 1.82) is 0 Å². The number of nitrogens with zero attached hydrogens (tertiary/aromatic N) is 1. The van der Waals surface area contributed by atoms with E-state index >= 15 is 0 Å². The van der Waals surface area contributed by atoms with Crippen LogP contribution in [0.3, 0.4) is 0 Å². The van der Waals surface area contributed by atoms with E-state index in [0.29, 0.717) is 0 Å². The molecule has 3 heteroatoms. The van der Waals surface area contributed by atoms with Crippen LogP contribution in [-0.4, -0.2) is 9.57 Å². The molecule has 0 amide bonds. The van der Waals surface area contributed by atoms with E-state index in [1.807, 2.05) is 26.8 Å². The van der Waals surface area contributed by atoms with Crippen molar-refractivity contribution < 1.29 is 19.4 Å². The molecule has 0 spiro atoms. The Morgan fingerprint density at radius 2 is 2.10 bits per heavy atom. The minimum absolute atomic E-state index is 1.28. The Bertz CT molecular complexity index is 130. The van der Waals surface area contributed by atoms with Crippen LogP contribution < -0.4 is 0 Å².